The Hall–Kier alpha value is -0.180. The molecule has 2 nitrogen and oxygen atoms in total. The monoisotopic (exact) mass is 244 g/mol. The van der Waals surface area contributed by atoms with E-state index in [1.54, 1.807) is 0 Å². The Balaban J connectivity index is 3.79. The molecule has 0 aromatic carbocycles. The highest BCUT2D eigenvalue weighted by Gasteiger charge is 1.98. The summed E-state index contributed by atoms with van der Waals surface area (Å²) in [6.07, 6.45) is 7.46. The Kier molecular flexibility index (Phi) is 12.7. The molecule has 0 bridgehead atoms. The SMILES string of the molecule is CCCCN=C(NCCCC)SCCCC. The normalized spacial score (nSPS) is 11.8. The third-order valence-corrected chi connectivity index (χ3v) is 3.35. The van der Waals surface area contributed by atoms with E-state index in [4.69, 9.17) is 0 Å². The van der Waals surface area contributed by atoms with Crippen LogP contribution in [0.1, 0.15) is 59.3 Å². The Morgan fingerprint density at radius 2 is 1.69 bits per heavy atom. The van der Waals surface area contributed by atoms with E-state index >= 15 is 0 Å². The maximum absolute atomic E-state index is 4.63. The standard InChI is InChI=1S/C13H28N2S/c1-4-7-10-14-13(15-11-8-5-2)16-12-9-6-3/h4-12H2,1-3H3,(H,14,15). The zero-order chi connectivity index (χ0) is 12.1. The Bertz CT molecular complexity index is 157. The molecule has 0 aliphatic heterocycles. The number of hydrogen-bond acceptors (Lipinski definition) is 2. The van der Waals surface area contributed by atoms with Crippen LogP contribution in [0, 0.1) is 0 Å². The molecular formula is C13H28N2S. The molecule has 96 valence electrons. The quantitative estimate of drug-likeness (QED) is 0.376. The van der Waals surface area contributed by atoms with Gasteiger partial charge in [0.25, 0.3) is 0 Å². The van der Waals surface area contributed by atoms with Crippen molar-refractivity contribution in [3.8, 4) is 0 Å². The van der Waals surface area contributed by atoms with E-state index < -0.39 is 0 Å². The first-order chi connectivity index (χ1) is 7.85. The van der Waals surface area contributed by atoms with Crippen LogP contribution in [0.2, 0.25) is 0 Å². The van der Waals surface area contributed by atoms with Crippen molar-refractivity contribution in [3.05, 3.63) is 0 Å². The molecule has 0 spiro atoms. The molecule has 0 heterocycles. The highest BCUT2D eigenvalue weighted by atomic mass is 32.2. The van der Waals surface area contributed by atoms with Gasteiger partial charge >= 0.3 is 0 Å². The summed E-state index contributed by atoms with van der Waals surface area (Å²) in [5, 5.41) is 4.61. The van der Waals surface area contributed by atoms with Crippen molar-refractivity contribution in [3.63, 3.8) is 0 Å². The van der Waals surface area contributed by atoms with E-state index in [1.807, 2.05) is 11.8 Å². The summed E-state index contributed by atoms with van der Waals surface area (Å²) in [4.78, 5) is 4.63. The van der Waals surface area contributed by atoms with Crippen LogP contribution in [0.3, 0.4) is 0 Å². The van der Waals surface area contributed by atoms with E-state index in [1.165, 1.54) is 44.3 Å². The van der Waals surface area contributed by atoms with Gasteiger partial charge in [-0.1, -0.05) is 51.8 Å². The molecule has 0 atom stereocenters. The largest absolute Gasteiger partial charge is 0.365 e. The number of hydrogen-bond donors (Lipinski definition) is 1. The summed E-state index contributed by atoms with van der Waals surface area (Å²) >= 11 is 1.89. The van der Waals surface area contributed by atoms with Gasteiger partial charge in [-0.05, 0) is 19.3 Å². The molecule has 0 fully saturated rings. The Labute approximate surface area is 106 Å². The van der Waals surface area contributed by atoms with Crippen LogP contribution in [-0.4, -0.2) is 24.0 Å². The second-order valence-electron chi connectivity index (χ2n) is 4.02. The molecule has 16 heavy (non-hydrogen) atoms. The zero-order valence-electron chi connectivity index (χ0n) is 11.2. The lowest BCUT2D eigenvalue weighted by Gasteiger charge is -2.08. The molecular weight excluding hydrogens is 216 g/mol. The highest BCUT2D eigenvalue weighted by Crippen LogP contribution is 2.06. The Morgan fingerprint density at radius 3 is 2.31 bits per heavy atom. The molecule has 0 radical (unpaired) electrons. The smallest absolute Gasteiger partial charge is 0.156 e. The van der Waals surface area contributed by atoms with Gasteiger partial charge < -0.3 is 5.32 Å². The lowest BCUT2D eigenvalue weighted by molar-refractivity contribution is 0.751. The molecule has 0 saturated heterocycles. The molecule has 0 aliphatic rings. The molecule has 0 rings (SSSR count). The van der Waals surface area contributed by atoms with Gasteiger partial charge in [0.05, 0.1) is 0 Å². The second-order valence-corrected chi connectivity index (χ2v) is 5.11. The van der Waals surface area contributed by atoms with Crippen molar-refractivity contribution in [1.82, 2.24) is 5.32 Å². The third kappa shape index (κ3) is 10.3. The van der Waals surface area contributed by atoms with E-state index in [0.717, 1.165) is 18.3 Å². The van der Waals surface area contributed by atoms with Crippen LogP contribution < -0.4 is 5.32 Å². The van der Waals surface area contributed by atoms with Crippen LogP contribution in [-0.2, 0) is 0 Å². The average molecular weight is 244 g/mol. The van der Waals surface area contributed by atoms with Gasteiger partial charge in [0, 0.05) is 18.8 Å². The van der Waals surface area contributed by atoms with Crippen molar-refractivity contribution < 1.29 is 0 Å². The van der Waals surface area contributed by atoms with Crippen molar-refractivity contribution in [2.75, 3.05) is 18.8 Å². The molecule has 0 aromatic rings. The number of nitrogens with one attached hydrogen (secondary N) is 1. The predicted molar refractivity (Wildman–Crippen MR) is 77.5 cm³/mol. The first-order valence-electron chi connectivity index (χ1n) is 6.76. The van der Waals surface area contributed by atoms with Gasteiger partial charge in [0.15, 0.2) is 5.17 Å². The van der Waals surface area contributed by atoms with Crippen molar-refractivity contribution in [2.45, 2.75) is 59.3 Å². The summed E-state index contributed by atoms with van der Waals surface area (Å²) < 4.78 is 0. The predicted octanol–water partition coefficient (Wildman–Crippen LogP) is 4.07. The second kappa shape index (κ2) is 12.9. The van der Waals surface area contributed by atoms with Gasteiger partial charge in [-0.2, -0.15) is 0 Å². The molecule has 0 unspecified atom stereocenters. The topological polar surface area (TPSA) is 24.4 Å². The summed E-state index contributed by atoms with van der Waals surface area (Å²) in [5.74, 6) is 1.20. The van der Waals surface area contributed by atoms with Crippen LogP contribution in [0.25, 0.3) is 0 Å². The van der Waals surface area contributed by atoms with Gasteiger partial charge in [-0.25, -0.2) is 0 Å². The molecule has 3 heteroatoms. The fourth-order valence-electron chi connectivity index (χ4n) is 1.18. The molecule has 1 N–H and O–H groups in total. The van der Waals surface area contributed by atoms with E-state index in [2.05, 4.69) is 31.1 Å². The minimum Gasteiger partial charge on any atom is -0.365 e. The minimum atomic E-state index is 0.976. The fraction of sp³-hybridized carbons (Fsp3) is 0.923. The van der Waals surface area contributed by atoms with Crippen LogP contribution >= 0.6 is 11.8 Å². The number of thioether (sulfide) groups is 1. The number of amidine groups is 1. The van der Waals surface area contributed by atoms with Crippen molar-refractivity contribution in [1.29, 1.82) is 0 Å². The third-order valence-electron chi connectivity index (χ3n) is 2.31. The minimum absolute atomic E-state index is 0.976. The Morgan fingerprint density at radius 1 is 1.00 bits per heavy atom. The van der Waals surface area contributed by atoms with Crippen molar-refractivity contribution in [2.24, 2.45) is 4.99 Å². The molecule has 0 saturated carbocycles. The first kappa shape index (κ1) is 15.8. The number of aliphatic imine (C=N–C) groups is 1. The van der Waals surface area contributed by atoms with Crippen LogP contribution in [0.15, 0.2) is 4.99 Å². The van der Waals surface area contributed by atoms with E-state index in [9.17, 15) is 0 Å². The molecule has 0 amide bonds. The maximum atomic E-state index is 4.63. The highest BCUT2D eigenvalue weighted by molar-refractivity contribution is 8.13. The number of unbranched alkanes of at least 4 members (excludes halogenated alkanes) is 3. The van der Waals surface area contributed by atoms with E-state index in [-0.39, 0.29) is 0 Å². The number of rotatable bonds is 9. The lowest BCUT2D eigenvalue weighted by atomic mass is 10.3. The average Bonchev–Trinajstić information content (AvgIpc) is 2.29. The van der Waals surface area contributed by atoms with Gasteiger partial charge in [0.1, 0.15) is 0 Å². The van der Waals surface area contributed by atoms with Crippen molar-refractivity contribution >= 4 is 16.9 Å². The summed E-state index contributed by atoms with van der Waals surface area (Å²) in [6.45, 7) is 8.72. The number of nitrogens with zero attached hydrogens (tertiary/aromatic N) is 1. The lowest BCUT2D eigenvalue weighted by Crippen LogP contribution is -2.22. The zero-order valence-corrected chi connectivity index (χ0v) is 12.0. The van der Waals surface area contributed by atoms with Gasteiger partial charge in [-0.15, -0.1) is 0 Å². The van der Waals surface area contributed by atoms with E-state index in [0.29, 0.717) is 0 Å². The van der Waals surface area contributed by atoms with Gasteiger partial charge in [0.2, 0.25) is 0 Å². The molecule has 0 aromatic heterocycles. The van der Waals surface area contributed by atoms with Gasteiger partial charge in [-0.3, -0.25) is 4.99 Å². The molecule has 0 aliphatic carbocycles. The fourth-order valence-corrected chi connectivity index (χ4v) is 2.19. The summed E-state index contributed by atoms with van der Waals surface area (Å²) in [6, 6.07) is 0. The first-order valence-corrected chi connectivity index (χ1v) is 7.74. The van der Waals surface area contributed by atoms with Crippen LogP contribution in [0.4, 0.5) is 0 Å². The summed E-state index contributed by atoms with van der Waals surface area (Å²) in [7, 11) is 0. The summed E-state index contributed by atoms with van der Waals surface area (Å²) in [5.41, 5.74) is 0. The van der Waals surface area contributed by atoms with Crippen LogP contribution in [0.5, 0.6) is 0 Å². The maximum Gasteiger partial charge on any atom is 0.156 e.